The molecule has 0 unspecified atom stereocenters. The van der Waals surface area contributed by atoms with Crippen LogP contribution >= 0.6 is 0 Å². The molecule has 0 aliphatic carbocycles. The molecule has 0 heterocycles. The van der Waals surface area contributed by atoms with Gasteiger partial charge in [-0.3, -0.25) is 4.79 Å². The zero-order valence-corrected chi connectivity index (χ0v) is 8.43. The molecule has 2 heteroatoms. The smallest absolute Gasteiger partial charge is 0.302 e. The van der Waals surface area contributed by atoms with E-state index in [4.69, 9.17) is 4.74 Å². The van der Waals surface area contributed by atoms with Crippen molar-refractivity contribution in [1.82, 2.24) is 0 Å². The van der Waals surface area contributed by atoms with Crippen molar-refractivity contribution >= 4 is 5.97 Å². The van der Waals surface area contributed by atoms with Gasteiger partial charge in [-0.1, -0.05) is 33.1 Å². The minimum absolute atomic E-state index is 0.162. The normalized spacial score (nSPS) is 12.6. The summed E-state index contributed by atoms with van der Waals surface area (Å²) >= 11 is 0. The molecule has 2 nitrogen and oxygen atoms in total. The minimum Gasteiger partial charge on any atom is -0.466 e. The second kappa shape index (κ2) is 7.14. The van der Waals surface area contributed by atoms with Crippen molar-refractivity contribution < 1.29 is 9.53 Å². The van der Waals surface area contributed by atoms with E-state index in [2.05, 4.69) is 13.8 Å². The zero-order chi connectivity index (χ0) is 9.40. The molecule has 0 amide bonds. The summed E-state index contributed by atoms with van der Waals surface area (Å²) in [6.07, 6.45) is 4.74. The lowest BCUT2D eigenvalue weighted by atomic mass is 10.0. The molecule has 0 aromatic carbocycles. The summed E-state index contributed by atoms with van der Waals surface area (Å²) in [5.74, 6) is 0.402. The third-order valence-electron chi connectivity index (χ3n) is 2.07. The molecule has 0 aliphatic heterocycles. The minimum atomic E-state index is -0.162. The van der Waals surface area contributed by atoms with E-state index in [9.17, 15) is 4.79 Å². The second-order valence-electron chi connectivity index (χ2n) is 3.22. The van der Waals surface area contributed by atoms with Gasteiger partial charge in [-0.25, -0.2) is 0 Å². The first-order valence-corrected chi connectivity index (χ1v) is 4.84. The van der Waals surface area contributed by atoms with E-state index in [0.717, 1.165) is 6.42 Å². The molecule has 72 valence electrons. The lowest BCUT2D eigenvalue weighted by Gasteiger charge is -2.13. The fraction of sp³-hybridized carbons (Fsp3) is 0.900. The van der Waals surface area contributed by atoms with Gasteiger partial charge in [0.05, 0.1) is 6.61 Å². The summed E-state index contributed by atoms with van der Waals surface area (Å²) in [5, 5.41) is 0. The van der Waals surface area contributed by atoms with E-state index in [1.165, 1.54) is 26.2 Å². The van der Waals surface area contributed by atoms with Crippen LogP contribution in [-0.2, 0) is 9.53 Å². The van der Waals surface area contributed by atoms with Gasteiger partial charge < -0.3 is 4.74 Å². The Labute approximate surface area is 75.3 Å². The lowest BCUT2D eigenvalue weighted by molar-refractivity contribution is -0.142. The van der Waals surface area contributed by atoms with Crippen LogP contribution in [0.2, 0.25) is 0 Å². The molecule has 0 spiro atoms. The first-order valence-electron chi connectivity index (χ1n) is 4.84. The Morgan fingerprint density at radius 2 is 2.08 bits per heavy atom. The predicted octanol–water partition coefficient (Wildman–Crippen LogP) is 2.77. The molecule has 0 aromatic rings. The van der Waals surface area contributed by atoms with Crippen LogP contribution in [0.3, 0.4) is 0 Å². The average molecular weight is 172 g/mol. The fourth-order valence-electron chi connectivity index (χ4n) is 1.13. The standard InChI is InChI=1S/C10H20O2/c1-4-6-7-10(5-2)8-12-9(3)11/h10H,4-8H2,1-3H3/t10-/m1/s1. The van der Waals surface area contributed by atoms with Gasteiger partial charge in [-0.05, 0) is 12.3 Å². The molecule has 0 aliphatic rings. The van der Waals surface area contributed by atoms with Crippen molar-refractivity contribution in [3.63, 3.8) is 0 Å². The van der Waals surface area contributed by atoms with Crippen molar-refractivity contribution in [2.75, 3.05) is 6.61 Å². The van der Waals surface area contributed by atoms with Crippen molar-refractivity contribution in [1.29, 1.82) is 0 Å². The lowest BCUT2D eigenvalue weighted by Crippen LogP contribution is -2.11. The number of hydrogen-bond acceptors (Lipinski definition) is 2. The van der Waals surface area contributed by atoms with Crippen LogP contribution in [0.15, 0.2) is 0 Å². The third-order valence-corrected chi connectivity index (χ3v) is 2.07. The Morgan fingerprint density at radius 3 is 2.50 bits per heavy atom. The number of unbranched alkanes of at least 4 members (excludes halogenated alkanes) is 1. The van der Waals surface area contributed by atoms with Gasteiger partial charge >= 0.3 is 5.97 Å². The molecule has 0 radical (unpaired) electrons. The number of esters is 1. The summed E-state index contributed by atoms with van der Waals surface area (Å²) in [6, 6.07) is 0. The molecular weight excluding hydrogens is 152 g/mol. The van der Waals surface area contributed by atoms with E-state index in [0.29, 0.717) is 12.5 Å². The molecule has 12 heavy (non-hydrogen) atoms. The highest BCUT2D eigenvalue weighted by Crippen LogP contribution is 2.12. The molecule has 0 saturated carbocycles. The maximum absolute atomic E-state index is 10.5. The molecule has 0 N–H and O–H groups in total. The van der Waals surface area contributed by atoms with E-state index in [1.54, 1.807) is 0 Å². The number of carbonyl (C=O) groups is 1. The van der Waals surface area contributed by atoms with Crippen molar-refractivity contribution in [2.45, 2.75) is 46.5 Å². The Hall–Kier alpha value is -0.530. The van der Waals surface area contributed by atoms with Crippen molar-refractivity contribution in [3.05, 3.63) is 0 Å². The van der Waals surface area contributed by atoms with Crippen LogP contribution in [0.25, 0.3) is 0 Å². The highest BCUT2D eigenvalue weighted by atomic mass is 16.5. The summed E-state index contributed by atoms with van der Waals surface area (Å²) in [5.41, 5.74) is 0. The highest BCUT2D eigenvalue weighted by Gasteiger charge is 2.06. The summed E-state index contributed by atoms with van der Waals surface area (Å²) in [6.45, 7) is 6.39. The highest BCUT2D eigenvalue weighted by molar-refractivity contribution is 5.65. The predicted molar refractivity (Wildman–Crippen MR) is 49.9 cm³/mol. The maximum atomic E-state index is 10.5. The fourth-order valence-corrected chi connectivity index (χ4v) is 1.13. The monoisotopic (exact) mass is 172 g/mol. The second-order valence-corrected chi connectivity index (χ2v) is 3.22. The first kappa shape index (κ1) is 11.5. The summed E-state index contributed by atoms with van der Waals surface area (Å²) in [7, 11) is 0. The van der Waals surface area contributed by atoms with Crippen LogP contribution in [-0.4, -0.2) is 12.6 Å². The van der Waals surface area contributed by atoms with E-state index in [-0.39, 0.29) is 5.97 Å². The molecule has 0 fully saturated rings. The van der Waals surface area contributed by atoms with Crippen molar-refractivity contribution in [2.24, 2.45) is 5.92 Å². The van der Waals surface area contributed by atoms with E-state index >= 15 is 0 Å². The topological polar surface area (TPSA) is 26.3 Å². The number of ether oxygens (including phenoxy) is 1. The van der Waals surface area contributed by atoms with Crippen LogP contribution in [0.4, 0.5) is 0 Å². The number of carbonyl (C=O) groups excluding carboxylic acids is 1. The number of hydrogen-bond donors (Lipinski definition) is 0. The van der Waals surface area contributed by atoms with E-state index < -0.39 is 0 Å². The molecule has 0 bridgehead atoms. The molecule has 0 rings (SSSR count). The largest absolute Gasteiger partial charge is 0.466 e. The molecule has 0 aromatic heterocycles. The third kappa shape index (κ3) is 6.20. The Balaban J connectivity index is 3.45. The average Bonchev–Trinajstić information content (AvgIpc) is 2.05. The van der Waals surface area contributed by atoms with Crippen LogP contribution in [0.5, 0.6) is 0 Å². The molecule has 0 saturated heterocycles. The Bertz CT molecular complexity index is 121. The SMILES string of the molecule is CCCC[C@@H](CC)COC(C)=O. The van der Waals surface area contributed by atoms with Gasteiger partial charge in [-0.2, -0.15) is 0 Å². The summed E-state index contributed by atoms with van der Waals surface area (Å²) < 4.78 is 4.95. The Morgan fingerprint density at radius 1 is 1.42 bits per heavy atom. The number of rotatable bonds is 6. The first-order chi connectivity index (χ1) is 5.70. The van der Waals surface area contributed by atoms with Crippen LogP contribution in [0, 0.1) is 5.92 Å². The summed E-state index contributed by atoms with van der Waals surface area (Å²) in [4.78, 5) is 10.5. The van der Waals surface area contributed by atoms with Gasteiger partial charge in [0.15, 0.2) is 0 Å². The van der Waals surface area contributed by atoms with Gasteiger partial charge in [0.25, 0.3) is 0 Å². The van der Waals surface area contributed by atoms with Crippen molar-refractivity contribution in [3.8, 4) is 0 Å². The van der Waals surface area contributed by atoms with Crippen LogP contribution < -0.4 is 0 Å². The van der Waals surface area contributed by atoms with E-state index in [1.807, 2.05) is 0 Å². The zero-order valence-electron chi connectivity index (χ0n) is 8.43. The van der Waals surface area contributed by atoms with Gasteiger partial charge in [0, 0.05) is 6.92 Å². The maximum Gasteiger partial charge on any atom is 0.302 e. The Kier molecular flexibility index (Phi) is 6.82. The van der Waals surface area contributed by atoms with Gasteiger partial charge in [0.1, 0.15) is 0 Å². The van der Waals surface area contributed by atoms with Gasteiger partial charge in [0.2, 0.25) is 0 Å². The molecule has 1 atom stereocenters. The van der Waals surface area contributed by atoms with Crippen LogP contribution in [0.1, 0.15) is 46.5 Å². The quantitative estimate of drug-likeness (QED) is 0.576. The molecular formula is C10H20O2. The van der Waals surface area contributed by atoms with Gasteiger partial charge in [-0.15, -0.1) is 0 Å².